The molecule has 9 heteroatoms. The highest BCUT2D eigenvalue weighted by atomic mass is 19.3. The van der Waals surface area contributed by atoms with Gasteiger partial charge < -0.3 is 9.32 Å². The van der Waals surface area contributed by atoms with E-state index in [-0.39, 0.29) is 11.8 Å². The summed E-state index contributed by atoms with van der Waals surface area (Å²) in [6.07, 6.45) is 1.94. The van der Waals surface area contributed by atoms with Crippen molar-refractivity contribution in [1.82, 2.24) is 25.0 Å². The first-order valence-electron chi connectivity index (χ1n) is 9.56. The van der Waals surface area contributed by atoms with Gasteiger partial charge in [-0.2, -0.15) is 8.78 Å². The highest BCUT2D eigenvalue weighted by molar-refractivity contribution is 5.74. The van der Waals surface area contributed by atoms with Crippen molar-refractivity contribution in [2.24, 2.45) is 5.92 Å². The van der Waals surface area contributed by atoms with E-state index in [1.54, 1.807) is 19.2 Å². The molecule has 2 aliphatic rings. The Morgan fingerprint density at radius 2 is 2.00 bits per heavy atom. The Morgan fingerprint density at radius 1 is 1.25 bits per heavy atom. The van der Waals surface area contributed by atoms with Gasteiger partial charge in [-0.1, -0.05) is 0 Å². The number of amides is 1. The van der Waals surface area contributed by atoms with Crippen molar-refractivity contribution in [3.05, 3.63) is 29.9 Å². The van der Waals surface area contributed by atoms with Gasteiger partial charge in [0, 0.05) is 37.9 Å². The van der Waals surface area contributed by atoms with Gasteiger partial charge in [-0.15, -0.1) is 10.2 Å². The van der Waals surface area contributed by atoms with Crippen molar-refractivity contribution in [3.63, 3.8) is 0 Å². The molecule has 150 valence electrons. The van der Waals surface area contributed by atoms with Crippen molar-refractivity contribution in [1.29, 1.82) is 0 Å². The number of aromatic nitrogens is 3. The lowest BCUT2D eigenvalue weighted by Crippen LogP contribution is -2.61. The molecule has 0 spiro atoms. The molecule has 2 aromatic heterocycles. The molecule has 7 nitrogen and oxygen atoms in total. The fourth-order valence-corrected chi connectivity index (χ4v) is 3.87. The third kappa shape index (κ3) is 4.04. The fraction of sp³-hybridized carbons (Fsp3) is 0.579. The molecule has 4 rings (SSSR count). The van der Waals surface area contributed by atoms with Crippen molar-refractivity contribution in [3.8, 4) is 11.5 Å². The van der Waals surface area contributed by atoms with Crippen LogP contribution in [0.5, 0.6) is 0 Å². The lowest BCUT2D eigenvalue weighted by atomic mass is 9.90. The van der Waals surface area contributed by atoms with E-state index in [0.29, 0.717) is 17.5 Å². The van der Waals surface area contributed by atoms with Gasteiger partial charge in [-0.05, 0) is 50.4 Å². The number of alkyl halides is 2. The van der Waals surface area contributed by atoms with Crippen LogP contribution in [0.25, 0.3) is 11.5 Å². The number of hydrogen-bond acceptors (Lipinski definition) is 6. The number of likely N-dealkylation sites (tertiary alicyclic amines) is 2. The predicted octanol–water partition coefficient (Wildman–Crippen LogP) is 2.55. The third-order valence-electron chi connectivity index (χ3n) is 5.67. The van der Waals surface area contributed by atoms with Gasteiger partial charge >= 0.3 is 6.43 Å². The van der Waals surface area contributed by atoms with Gasteiger partial charge in [0.05, 0.1) is 5.56 Å². The average Bonchev–Trinajstić information content (AvgIpc) is 3.13. The largest absolute Gasteiger partial charge is 0.415 e. The van der Waals surface area contributed by atoms with Crippen LogP contribution in [0.15, 0.2) is 22.7 Å². The van der Waals surface area contributed by atoms with E-state index in [2.05, 4.69) is 20.1 Å². The van der Waals surface area contributed by atoms with Gasteiger partial charge in [0.15, 0.2) is 0 Å². The molecular weight excluding hydrogens is 368 g/mol. The smallest absolute Gasteiger partial charge is 0.314 e. The number of piperidine rings is 1. The number of pyridine rings is 1. The Balaban J connectivity index is 1.27. The summed E-state index contributed by atoms with van der Waals surface area (Å²) < 4.78 is 30.0. The van der Waals surface area contributed by atoms with Crippen LogP contribution >= 0.6 is 0 Å². The van der Waals surface area contributed by atoms with Crippen molar-refractivity contribution < 1.29 is 18.0 Å². The van der Waals surface area contributed by atoms with Gasteiger partial charge in [-0.3, -0.25) is 14.7 Å². The van der Waals surface area contributed by atoms with Crippen molar-refractivity contribution in [2.45, 2.75) is 38.7 Å². The molecule has 4 heterocycles. The quantitative estimate of drug-likeness (QED) is 0.780. The van der Waals surface area contributed by atoms with Crippen LogP contribution in [0.2, 0.25) is 0 Å². The summed E-state index contributed by atoms with van der Waals surface area (Å²) in [6.45, 7) is 5.43. The highest BCUT2D eigenvalue weighted by Gasteiger charge is 2.35. The van der Waals surface area contributed by atoms with Gasteiger partial charge in [-0.25, -0.2) is 0 Å². The summed E-state index contributed by atoms with van der Waals surface area (Å²) in [5.41, 5.74) is 1.51. The number of carbonyl (C=O) groups excluding carboxylic acids is 1. The highest BCUT2D eigenvalue weighted by Crippen LogP contribution is 2.26. The zero-order valence-corrected chi connectivity index (χ0v) is 15.7. The molecule has 0 atom stereocenters. The maximum Gasteiger partial charge on any atom is 0.314 e. The third-order valence-corrected chi connectivity index (χ3v) is 5.67. The second-order valence-corrected chi connectivity index (χ2v) is 7.55. The molecule has 0 aliphatic carbocycles. The van der Waals surface area contributed by atoms with Crippen LogP contribution < -0.4 is 0 Å². The Labute approximate surface area is 161 Å². The summed E-state index contributed by atoms with van der Waals surface area (Å²) in [5, 5.41) is 6.98. The molecule has 2 aliphatic heterocycles. The summed E-state index contributed by atoms with van der Waals surface area (Å²) in [5.74, 6) is 0.116. The van der Waals surface area contributed by atoms with E-state index < -0.39 is 12.3 Å². The molecule has 0 aromatic carbocycles. The van der Waals surface area contributed by atoms with E-state index in [4.69, 9.17) is 4.42 Å². The second-order valence-electron chi connectivity index (χ2n) is 7.55. The van der Waals surface area contributed by atoms with Crippen LogP contribution in [0.3, 0.4) is 0 Å². The van der Waals surface area contributed by atoms with E-state index >= 15 is 0 Å². The van der Waals surface area contributed by atoms with Crippen LogP contribution in [-0.2, 0) is 11.2 Å². The Hall–Kier alpha value is -2.42. The molecule has 1 amide bonds. The average molecular weight is 391 g/mol. The van der Waals surface area contributed by atoms with Gasteiger partial charge in [0.2, 0.25) is 11.8 Å². The molecule has 2 aromatic rings. The lowest BCUT2D eigenvalue weighted by Gasteiger charge is -2.47. The minimum atomic E-state index is -2.77. The summed E-state index contributed by atoms with van der Waals surface area (Å²) in [7, 11) is 0. The number of carbonyl (C=O) groups is 1. The first-order chi connectivity index (χ1) is 13.5. The zero-order valence-electron chi connectivity index (χ0n) is 15.7. The van der Waals surface area contributed by atoms with Crippen LogP contribution in [0.1, 0.15) is 37.8 Å². The van der Waals surface area contributed by atoms with E-state index in [0.717, 1.165) is 51.1 Å². The maximum atomic E-state index is 12.5. The normalized spacial score (nSPS) is 19.2. The Morgan fingerprint density at radius 3 is 2.57 bits per heavy atom. The summed E-state index contributed by atoms with van der Waals surface area (Å²) in [6, 6.07) is 4.19. The van der Waals surface area contributed by atoms with E-state index in [1.807, 2.05) is 11.0 Å². The minimum absolute atomic E-state index is 0.0581. The number of hydrogen-bond donors (Lipinski definition) is 0. The number of halogens is 2. The first-order valence-corrected chi connectivity index (χ1v) is 9.56. The standard InChI is InChI=1S/C19H23F2N5O2/c1-12(27)26-10-16(11-26)25-6-4-13(5-7-25)8-15-3-2-14(9-22-15)18-23-24-19(28-18)17(20)21/h2-3,9,13,16-17H,4-8,10-11H2,1H3. The lowest BCUT2D eigenvalue weighted by molar-refractivity contribution is -0.136. The van der Waals surface area contributed by atoms with Crippen LogP contribution in [0, 0.1) is 5.92 Å². The molecule has 0 unspecified atom stereocenters. The minimum Gasteiger partial charge on any atom is -0.415 e. The molecule has 2 fully saturated rings. The first kappa shape index (κ1) is 18.9. The van der Waals surface area contributed by atoms with Crippen molar-refractivity contribution >= 4 is 5.91 Å². The molecule has 2 saturated heterocycles. The SMILES string of the molecule is CC(=O)N1CC(N2CCC(Cc3ccc(-c4nnc(C(F)F)o4)cn3)CC2)C1. The Bertz CT molecular complexity index is 812. The van der Waals surface area contributed by atoms with Crippen molar-refractivity contribution in [2.75, 3.05) is 26.2 Å². The molecule has 0 bridgehead atoms. The number of nitrogens with zero attached hydrogens (tertiary/aromatic N) is 5. The molecule has 28 heavy (non-hydrogen) atoms. The zero-order chi connectivity index (χ0) is 19.7. The van der Waals surface area contributed by atoms with Gasteiger partial charge in [0.1, 0.15) is 0 Å². The summed E-state index contributed by atoms with van der Waals surface area (Å²) in [4.78, 5) is 20.1. The molecular formula is C19H23F2N5O2. The molecule has 0 radical (unpaired) electrons. The summed E-state index contributed by atoms with van der Waals surface area (Å²) >= 11 is 0. The van der Waals surface area contributed by atoms with Gasteiger partial charge in [0.25, 0.3) is 5.89 Å². The maximum absolute atomic E-state index is 12.5. The van der Waals surface area contributed by atoms with E-state index in [9.17, 15) is 13.6 Å². The Kier molecular flexibility index (Phi) is 5.34. The van der Waals surface area contributed by atoms with E-state index in [1.165, 1.54) is 0 Å². The van der Waals surface area contributed by atoms with Crippen LogP contribution in [-0.4, -0.2) is 63.1 Å². The number of rotatable bonds is 5. The fourth-order valence-electron chi connectivity index (χ4n) is 3.87. The molecule has 0 N–H and O–H groups in total. The predicted molar refractivity (Wildman–Crippen MR) is 96.5 cm³/mol. The van der Waals surface area contributed by atoms with Crippen LogP contribution in [0.4, 0.5) is 8.78 Å². The second kappa shape index (κ2) is 7.90. The monoisotopic (exact) mass is 391 g/mol. The molecule has 0 saturated carbocycles. The topological polar surface area (TPSA) is 75.4 Å².